The van der Waals surface area contributed by atoms with E-state index in [1.165, 1.54) is 12.8 Å². The summed E-state index contributed by atoms with van der Waals surface area (Å²) < 4.78 is 0. The fourth-order valence-electron chi connectivity index (χ4n) is 4.17. The highest BCUT2D eigenvalue weighted by Crippen LogP contribution is 2.65. The topological polar surface area (TPSA) is 55.1 Å². The molecule has 18 heavy (non-hydrogen) atoms. The number of fused-ring (bicyclic) bond motifs is 2. The first-order chi connectivity index (χ1) is 8.36. The molecule has 0 aliphatic heterocycles. The van der Waals surface area contributed by atoms with Crippen LogP contribution in [0.3, 0.4) is 0 Å². The van der Waals surface area contributed by atoms with Gasteiger partial charge in [-0.3, -0.25) is 4.79 Å². The van der Waals surface area contributed by atoms with Crippen molar-refractivity contribution in [1.82, 2.24) is 5.32 Å². The van der Waals surface area contributed by atoms with E-state index in [2.05, 4.69) is 26.1 Å². The Morgan fingerprint density at radius 2 is 2.11 bits per heavy atom. The summed E-state index contributed by atoms with van der Waals surface area (Å²) in [5.74, 6) is 0.913. The van der Waals surface area contributed by atoms with E-state index in [4.69, 9.17) is 5.73 Å². The van der Waals surface area contributed by atoms with E-state index in [0.29, 0.717) is 18.0 Å². The maximum atomic E-state index is 12.2. The molecule has 2 aliphatic carbocycles. The third-order valence-corrected chi connectivity index (χ3v) is 6.26. The lowest BCUT2D eigenvalue weighted by atomic mass is 9.69. The van der Waals surface area contributed by atoms with Crippen LogP contribution in [0.4, 0.5) is 0 Å². The lowest BCUT2D eigenvalue weighted by molar-refractivity contribution is -0.126. The predicted molar refractivity (Wildman–Crippen MR) is 74.0 cm³/mol. The molecule has 2 fully saturated rings. The minimum Gasteiger partial charge on any atom is -0.353 e. The minimum atomic E-state index is -0.0177. The minimum absolute atomic E-state index is 0.0177. The van der Waals surface area contributed by atoms with E-state index >= 15 is 0 Å². The van der Waals surface area contributed by atoms with Crippen LogP contribution in [0.2, 0.25) is 0 Å². The molecule has 2 rings (SSSR count). The number of carbonyl (C=O) groups excluding carboxylic acids is 1. The zero-order valence-electron chi connectivity index (χ0n) is 12.3. The van der Waals surface area contributed by atoms with Crippen LogP contribution in [0.5, 0.6) is 0 Å². The normalized spacial score (nSPS) is 38.7. The quantitative estimate of drug-likeness (QED) is 0.806. The molecule has 3 N–H and O–H groups in total. The molecule has 0 saturated heterocycles. The number of nitrogens with one attached hydrogen (secondary N) is 1. The van der Waals surface area contributed by atoms with Crippen molar-refractivity contribution >= 4 is 5.91 Å². The van der Waals surface area contributed by atoms with Crippen molar-refractivity contribution in [3.05, 3.63) is 0 Å². The summed E-state index contributed by atoms with van der Waals surface area (Å²) >= 11 is 0. The van der Waals surface area contributed by atoms with Crippen LogP contribution in [-0.4, -0.2) is 18.5 Å². The van der Waals surface area contributed by atoms with E-state index in [9.17, 15) is 4.79 Å². The lowest BCUT2D eigenvalue weighted by Crippen LogP contribution is -2.49. The van der Waals surface area contributed by atoms with Crippen molar-refractivity contribution < 1.29 is 4.79 Å². The molecule has 0 aromatic heterocycles. The molecule has 1 amide bonds. The molecule has 2 saturated carbocycles. The zero-order valence-corrected chi connectivity index (χ0v) is 12.3. The SMILES string of the molecule is CCC(CN)C(=O)NC1CC2CCC1(C)C2(C)C. The van der Waals surface area contributed by atoms with Crippen LogP contribution in [0, 0.1) is 22.7 Å². The number of hydrogen-bond donors (Lipinski definition) is 2. The highest BCUT2D eigenvalue weighted by Gasteiger charge is 2.61. The Morgan fingerprint density at radius 3 is 2.50 bits per heavy atom. The summed E-state index contributed by atoms with van der Waals surface area (Å²) in [5.41, 5.74) is 6.28. The monoisotopic (exact) mass is 252 g/mol. The van der Waals surface area contributed by atoms with Gasteiger partial charge in [-0.2, -0.15) is 0 Å². The van der Waals surface area contributed by atoms with Crippen molar-refractivity contribution in [3.63, 3.8) is 0 Å². The maximum absolute atomic E-state index is 12.2. The molecule has 0 aromatic carbocycles. The summed E-state index contributed by atoms with van der Waals surface area (Å²) in [6.45, 7) is 9.59. The van der Waals surface area contributed by atoms with Gasteiger partial charge in [0.15, 0.2) is 0 Å². The van der Waals surface area contributed by atoms with Crippen molar-refractivity contribution in [2.45, 2.75) is 59.4 Å². The van der Waals surface area contributed by atoms with Crippen molar-refractivity contribution in [2.24, 2.45) is 28.4 Å². The van der Waals surface area contributed by atoms with Gasteiger partial charge in [-0.25, -0.2) is 0 Å². The largest absolute Gasteiger partial charge is 0.353 e. The fourth-order valence-corrected chi connectivity index (χ4v) is 4.17. The van der Waals surface area contributed by atoms with Gasteiger partial charge in [-0.1, -0.05) is 27.7 Å². The second kappa shape index (κ2) is 4.52. The molecular weight excluding hydrogens is 224 g/mol. The van der Waals surface area contributed by atoms with E-state index in [0.717, 1.165) is 18.8 Å². The van der Waals surface area contributed by atoms with Crippen LogP contribution >= 0.6 is 0 Å². The third-order valence-electron chi connectivity index (χ3n) is 6.26. The van der Waals surface area contributed by atoms with E-state index in [1.54, 1.807) is 0 Å². The van der Waals surface area contributed by atoms with Crippen LogP contribution in [0.25, 0.3) is 0 Å². The van der Waals surface area contributed by atoms with Crippen LogP contribution in [0.15, 0.2) is 0 Å². The predicted octanol–water partition coefficient (Wildman–Crippen LogP) is 2.30. The van der Waals surface area contributed by atoms with Crippen LogP contribution < -0.4 is 11.1 Å². The molecule has 4 unspecified atom stereocenters. The summed E-state index contributed by atoms with van der Waals surface area (Å²) in [4.78, 5) is 12.2. The first-order valence-electron chi connectivity index (χ1n) is 7.37. The highest BCUT2D eigenvalue weighted by molar-refractivity contribution is 5.79. The van der Waals surface area contributed by atoms with Gasteiger partial charge in [-0.05, 0) is 42.4 Å². The Balaban J connectivity index is 2.07. The van der Waals surface area contributed by atoms with E-state index in [-0.39, 0.29) is 17.2 Å². The molecule has 0 spiro atoms. The Bertz CT molecular complexity index is 335. The summed E-state index contributed by atoms with van der Waals surface area (Å²) in [5, 5.41) is 3.29. The first-order valence-corrected chi connectivity index (χ1v) is 7.37. The molecule has 3 nitrogen and oxygen atoms in total. The standard InChI is InChI=1S/C15H28N2O/c1-5-10(9-16)13(18)17-12-8-11-6-7-15(12,4)14(11,2)3/h10-12H,5-9,16H2,1-4H3,(H,17,18). The Morgan fingerprint density at radius 1 is 1.44 bits per heavy atom. The van der Waals surface area contributed by atoms with Gasteiger partial charge < -0.3 is 11.1 Å². The molecule has 2 aliphatic rings. The summed E-state index contributed by atoms with van der Waals surface area (Å²) in [7, 11) is 0. The van der Waals surface area contributed by atoms with E-state index in [1.807, 2.05) is 6.92 Å². The van der Waals surface area contributed by atoms with E-state index < -0.39 is 0 Å². The summed E-state index contributed by atoms with van der Waals surface area (Å²) in [6.07, 6.45) is 4.55. The molecule has 4 atom stereocenters. The fraction of sp³-hybridized carbons (Fsp3) is 0.933. The Kier molecular flexibility index (Phi) is 3.48. The average molecular weight is 252 g/mol. The molecule has 0 aromatic rings. The number of carbonyl (C=O) groups is 1. The summed E-state index contributed by atoms with van der Waals surface area (Å²) in [6, 6.07) is 0.347. The molecule has 104 valence electrons. The molecule has 2 bridgehead atoms. The second-order valence-electron chi connectivity index (χ2n) is 7.01. The van der Waals surface area contributed by atoms with Crippen molar-refractivity contribution in [1.29, 1.82) is 0 Å². The van der Waals surface area contributed by atoms with Gasteiger partial charge in [0, 0.05) is 18.5 Å². The molecular formula is C15H28N2O. The van der Waals surface area contributed by atoms with Gasteiger partial charge in [0.2, 0.25) is 5.91 Å². The molecule has 3 heteroatoms. The van der Waals surface area contributed by atoms with Crippen LogP contribution in [-0.2, 0) is 4.79 Å². The van der Waals surface area contributed by atoms with Gasteiger partial charge >= 0.3 is 0 Å². The lowest BCUT2D eigenvalue weighted by Gasteiger charge is -2.39. The Labute approximate surface area is 111 Å². The highest BCUT2D eigenvalue weighted by atomic mass is 16.2. The van der Waals surface area contributed by atoms with Crippen molar-refractivity contribution in [3.8, 4) is 0 Å². The van der Waals surface area contributed by atoms with Gasteiger partial charge in [0.1, 0.15) is 0 Å². The smallest absolute Gasteiger partial charge is 0.224 e. The van der Waals surface area contributed by atoms with Gasteiger partial charge in [0.05, 0.1) is 0 Å². The molecule has 0 heterocycles. The third kappa shape index (κ3) is 1.78. The number of hydrogen-bond acceptors (Lipinski definition) is 2. The Hall–Kier alpha value is -0.570. The van der Waals surface area contributed by atoms with Gasteiger partial charge in [0.25, 0.3) is 0 Å². The zero-order chi connectivity index (χ0) is 13.6. The van der Waals surface area contributed by atoms with Gasteiger partial charge in [-0.15, -0.1) is 0 Å². The average Bonchev–Trinajstić information content (AvgIpc) is 2.63. The van der Waals surface area contributed by atoms with Crippen LogP contribution in [0.1, 0.15) is 53.4 Å². The van der Waals surface area contributed by atoms with Crippen molar-refractivity contribution in [2.75, 3.05) is 6.54 Å². The first kappa shape index (κ1) is 13.9. The molecule has 0 radical (unpaired) electrons. The number of rotatable bonds is 4. The number of nitrogens with two attached hydrogens (primary N) is 1. The maximum Gasteiger partial charge on any atom is 0.224 e. The number of amides is 1. The second-order valence-corrected chi connectivity index (χ2v) is 7.01.